The second kappa shape index (κ2) is 11.3. The van der Waals surface area contributed by atoms with Crippen LogP contribution in [-0.4, -0.2) is 32.2 Å². The van der Waals surface area contributed by atoms with Gasteiger partial charge in [0.15, 0.2) is 0 Å². The molecule has 0 amide bonds. The average molecular weight is 191 g/mol. The molecule has 0 fully saturated rings. The van der Waals surface area contributed by atoms with Gasteiger partial charge >= 0.3 is 0 Å². The van der Waals surface area contributed by atoms with Gasteiger partial charge in [0.1, 0.15) is 0 Å². The molecule has 0 saturated carbocycles. The van der Waals surface area contributed by atoms with Gasteiger partial charge in [-0.15, -0.1) is 0 Å². The summed E-state index contributed by atoms with van der Waals surface area (Å²) in [6, 6.07) is 0. The van der Waals surface area contributed by atoms with Crippen molar-refractivity contribution in [3.63, 3.8) is 0 Å². The summed E-state index contributed by atoms with van der Waals surface area (Å²) in [4.78, 5) is 0. The van der Waals surface area contributed by atoms with Crippen molar-refractivity contribution in [3.8, 4) is 0 Å². The molecule has 0 aromatic carbocycles. The Bertz CT molecular complexity index is 68.9. The van der Waals surface area contributed by atoms with Gasteiger partial charge in [0.05, 0.1) is 6.61 Å². The van der Waals surface area contributed by atoms with Crippen LogP contribution in [0.1, 0.15) is 26.2 Å². The molecule has 0 aromatic heterocycles. The van der Waals surface area contributed by atoms with E-state index in [1.165, 1.54) is 6.42 Å². The van der Waals surface area contributed by atoms with Crippen LogP contribution in [0.15, 0.2) is 0 Å². The first kappa shape index (κ1) is 12.3. The molecule has 0 N–H and O–H groups in total. The van der Waals surface area contributed by atoms with E-state index in [-0.39, 0.29) is 0 Å². The molecule has 0 rings (SSSR count). The SMILES string of the molecule is CCCCOCCCOCC[S]. The highest BCUT2D eigenvalue weighted by atomic mass is 32.1. The van der Waals surface area contributed by atoms with Crippen LogP contribution in [0.5, 0.6) is 0 Å². The topological polar surface area (TPSA) is 18.5 Å². The van der Waals surface area contributed by atoms with Gasteiger partial charge < -0.3 is 9.47 Å². The Morgan fingerprint density at radius 3 is 2.08 bits per heavy atom. The van der Waals surface area contributed by atoms with Crippen LogP contribution in [0.4, 0.5) is 0 Å². The fourth-order valence-electron chi connectivity index (χ4n) is 0.772. The molecule has 0 saturated heterocycles. The summed E-state index contributed by atoms with van der Waals surface area (Å²) in [5, 5.41) is 0. The molecule has 0 aliphatic rings. The van der Waals surface area contributed by atoms with Crippen LogP contribution >= 0.6 is 12.6 Å². The lowest BCUT2D eigenvalue weighted by Gasteiger charge is -2.03. The van der Waals surface area contributed by atoms with E-state index < -0.39 is 0 Å². The minimum absolute atomic E-state index is 0.691. The van der Waals surface area contributed by atoms with E-state index in [9.17, 15) is 0 Å². The van der Waals surface area contributed by atoms with Crippen molar-refractivity contribution < 1.29 is 9.47 Å². The van der Waals surface area contributed by atoms with Gasteiger partial charge in [0.25, 0.3) is 0 Å². The normalized spacial score (nSPS) is 10.5. The van der Waals surface area contributed by atoms with Gasteiger partial charge in [0, 0.05) is 25.6 Å². The highest BCUT2D eigenvalue weighted by Gasteiger charge is 1.89. The number of unbranched alkanes of at least 4 members (excludes halogenated alkanes) is 1. The monoisotopic (exact) mass is 191 g/mol. The van der Waals surface area contributed by atoms with Gasteiger partial charge in [-0.1, -0.05) is 26.0 Å². The van der Waals surface area contributed by atoms with Crippen LogP contribution in [0, 0.1) is 0 Å². The van der Waals surface area contributed by atoms with Gasteiger partial charge in [-0.3, -0.25) is 0 Å². The quantitative estimate of drug-likeness (QED) is 0.521. The molecule has 73 valence electrons. The Labute approximate surface area is 81.0 Å². The smallest absolute Gasteiger partial charge is 0.0565 e. The first-order valence-corrected chi connectivity index (χ1v) is 5.23. The predicted octanol–water partition coefficient (Wildman–Crippen LogP) is 2.41. The maximum Gasteiger partial charge on any atom is 0.0565 e. The predicted molar refractivity (Wildman–Crippen MR) is 53.6 cm³/mol. The fourth-order valence-corrected chi connectivity index (χ4v) is 0.890. The molecule has 0 unspecified atom stereocenters. The Morgan fingerprint density at radius 2 is 1.50 bits per heavy atom. The molecule has 0 spiro atoms. The molecule has 3 heteroatoms. The van der Waals surface area contributed by atoms with Crippen LogP contribution in [0.2, 0.25) is 0 Å². The van der Waals surface area contributed by atoms with Crippen molar-refractivity contribution in [2.75, 3.05) is 32.2 Å². The summed E-state index contributed by atoms with van der Waals surface area (Å²) < 4.78 is 10.6. The first-order valence-electron chi connectivity index (χ1n) is 4.65. The van der Waals surface area contributed by atoms with Crippen LogP contribution < -0.4 is 0 Å². The van der Waals surface area contributed by atoms with Crippen molar-refractivity contribution in [3.05, 3.63) is 0 Å². The zero-order chi connectivity index (χ0) is 9.07. The van der Waals surface area contributed by atoms with Gasteiger partial charge in [-0.05, 0) is 12.8 Å². The summed E-state index contributed by atoms with van der Waals surface area (Å²) in [6.07, 6.45) is 3.35. The molecule has 1 radical (unpaired) electrons. The van der Waals surface area contributed by atoms with E-state index in [1.807, 2.05) is 0 Å². The van der Waals surface area contributed by atoms with Gasteiger partial charge in [-0.2, -0.15) is 0 Å². The van der Waals surface area contributed by atoms with Crippen molar-refractivity contribution in [2.45, 2.75) is 26.2 Å². The standard InChI is InChI=1S/C9H19O2S/c1-2-3-5-10-6-4-7-11-8-9-12/h2-9H2,1H3. The molecule has 0 heterocycles. The van der Waals surface area contributed by atoms with Gasteiger partial charge in [-0.25, -0.2) is 0 Å². The summed E-state index contributed by atoms with van der Waals surface area (Å²) in [7, 11) is 0. The van der Waals surface area contributed by atoms with Crippen molar-refractivity contribution in [1.29, 1.82) is 0 Å². The lowest BCUT2D eigenvalue weighted by Crippen LogP contribution is -2.03. The molecule has 0 aromatic rings. The Balaban J connectivity index is 2.73. The zero-order valence-corrected chi connectivity index (χ0v) is 8.70. The van der Waals surface area contributed by atoms with E-state index in [0.717, 1.165) is 32.7 Å². The molecule has 12 heavy (non-hydrogen) atoms. The minimum atomic E-state index is 0.691. The second-order valence-electron chi connectivity index (χ2n) is 2.64. The number of hydrogen-bond acceptors (Lipinski definition) is 2. The third-order valence-electron chi connectivity index (χ3n) is 1.45. The van der Waals surface area contributed by atoms with Crippen LogP contribution in [-0.2, 0) is 9.47 Å². The largest absolute Gasteiger partial charge is 0.381 e. The summed E-state index contributed by atoms with van der Waals surface area (Å²) in [5.41, 5.74) is 0. The van der Waals surface area contributed by atoms with Crippen LogP contribution in [0.3, 0.4) is 0 Å². The van der Waals surface area contributed by atoms with E-state index in [0.29, 0.717) is 12.4 Å². The van der Waals surface area contributed by atoms with E-state index >= 15 is 0 Å². The molecular weight excluding hydrogens is 172 g/mol. The van der Waals surface area contributed by atoms with Gasteiger partial charge in [0.2, 0.25) is 0 Å². The Kier molecular flexibility index (Phi) is 11.5. The molecule has 0 aliphatic heterocycles. The zero-order valence-electron chi connectivity index (χ0n) is 7.88. The van der Waals surface area contributed by atoms with Crippen molar-refractivity contribution in [2.24, 2.45) is 0 Å². The summed E-state index contributed by atoms with van der Waals surface area (Å²) >= 11 is 4.73. The molecule has 2 nitrogen and oxygen atoms in total. The number of hydrogen-bond donors (Lipinski definition) is 0. The average Bonchev–Trinajstić information content (AvgIpc) is 2.10. The van der Waals surface area contributed by atoms with E-state index in [4.69, 9.17) is 22.1 Å². The maximum absolute atomic E-state index is 5.35. The van der Waals surface area contributed by atoms with Crippen molar-refractivity contribution >= 4 is 12.6 Å². The lowest BCUT2D eigenvalue weighted by atomic mass is 10.4. The fraction of sp³-hybridized carbons (Fsp3) is 1.00. The van der Waals surface area contributed by atoms with E-state index in [1.54, 1.807) is 0 Å². The molecule has 0 atom stereocenters. The third kappa shape index (κ3) is 10.3. The second-order valence-corrected chi connectivity index (χ2v) is 3.04. The first-order chi connectivity index (χ1) is 5.91. The van der Waals surface area contributed by atoms with E-state index in [2.05, 4.69) is 6.92 Å². The molecule has 0 bridgehead atoms. The number of rotatable bonds is 9. The Hall–Kier alpha value is 0.270. The highest BCUT2D eigenvalue weighted by molar-refractivity contribution is 7.80. The van der Waals surface area contributed by atoms with Crippen LogP contribution in [0.25, 0.3) is 0 Å². The van der Waals surface area contributed by atoms with Crippen molar-refractivity contribution in [1.82, 2.24) is 0 Å². The lowest BCUT2D eigenvalue weighted by molar-refractivity contribution is 0.0876. The maximum atomic E-state index is 5.35. The third-order valence-corrected chi connectivity index (χ3v) is 1.61. The minimum Gasteiger partial charge on any atom is -0.381 e. The Morgan fingerprint density at radius 1 is 0.917 bits per heavy atom. The molecular formula is C9H19O2S. The highest BCUT2D eigenvalue weighted by Crippen LogP contribution is 1.90. The molecule has 0 aliphatic carbocycles. The summed E-state index contributed by atoms with van der Waals surface area (Å²) in [5.74, 6) is 0.691. The number of ether oxygens (including phenoxy) is 2. The summed E-state index contributed by atoms with van der Waals surface area (Å²) in [6.45, 7) is 5.35.